The van der Waals surface area contributed by atoms with E-state index in [2.05, 4.69) is 15.6 Å². The molecule has 2 N–H and O–H groups in total. The summed E-state index contributed by atoms with van der Waals surface area (Å²) in [4.78, 5) is 29.1. The van der Waals surface area contributed by atoms with Crippen LogP contribution in [0.3, 0.4) is 0 Å². The zero-order valence-electron chi connectivity index (χ0n) is 15.1. The molecule has 0 unspecified atom stereocenters. The molecule has 27 heavy (non-hydrogen) atoms. The largest absolute Gasteiger partial charge is 0.495 e. The lowest BCUT2D eigenvalue weighted by atomic mass is 10.1. The summed E-state index contributed by atoms with van der Waals surface area (Å²) in [7, 11) is 1.54. The molecule has 1 aliphatic heterocycles. The first-order chi connectivity index (χ1) is 13.1. The van der Waals surface area contributed by atoms with Gasteiger partial charge < -0.3 is 15.4 Å². The number of thioether (sulfide) groups is 1. The topological polar surface area (TPSA) is 79.8 Å². The Morgan fingerprint density at radius 3 is 2.67 bits per heavy atom. The lowest BCUT2D eigenvalue weighted by Crippen LogP contribution is -2.28. The number of carbonyl (C=O) groups is 2. The van der Waals surface area contributed by atoms with Gasteiger partial charge in [0.1, 0.15) is 11.0 Å². The molecule has 2 amide bonds. The molecule has 3 rings (SSSR count). The molecule has 2 atom stereocenters. The number of amides is 2. The molecular weight excluding hydrogens is 362 g/mol. The van der Waals surface area contributed by atoms with Gasteiger partial charge in [-0.15, -0.1) is 0 Å². The van der Waals surface area contributed by atoms with Gasteiger partial charge in [-0.2, -0.15) is 0 Å². The van der Waals surface area contributed by atoms with Crippen LogP contribution in [0.1, 0.15) is 24.9 Å². The van der Waals surface area contributed by atoms with E-state index in [9.17, 15) is 9.59 Å². The molecule has 0 bridgehead atoms. The Hall–Kier alpha value is -2.80. The number of carbonyl (C=O) groups excluding carboxylic acids is 2. The predicted molar refractivity (Wildman–Crippen MR) is 108 cm³/mol. The van der Waals surface area contributed by atoms with E-state index in [0.717, 1.165) is 5.56 Å². The first-order valence-corrected chi connectivity index (χ1v) is 9.48. The fourth-order valence-corrected chi connectivity index (χ4v) is 3.75. The van der Waals surface area contributed by atoms with Crippen molar-refractivity contribution in [2.45, 2.75) is 24.6 Å². The van der Waals surface area contributed by atoms with Crippen LogP contribution in [0.25, 0.3) is 0 Å². The van der Waals surface area contributed by atoms with Gasteiger partial charge in [-0.1, -0.05) is 54.2 Å². The van der Waals surface area contributed by atoms with E-state index in [0.29, 0.717) is 16.6 Å². The third kappa shape index (κ3) is 4.89. The SMILES string of the molecule is COc1ccccc1NC(=O)C[C@H]1SC(=N[C@H](C)c2ccccc2)NC1=O. The van der Waals surface area contributed by atoms with E-state index < -0.39 is 5.25 Å². The maximum Gasteiger partial charge on any atom is 0.240 e. The van der Waals surface area contributed by atoms with E-state index in [1.165, 1.54) is 11.8 Å². The number of ether oxygens (including phenoxy) is 1. The lowest BCUT2D eigenvalue weighted by Gasteiger charge is -2.11. The molecule has 2 aromatic rings. The first kappa shape index (κ1) is 19.0. The fraction of sp³-hybridized carbons (Fsp3) is 0.250. The Morgan fingerprint density at radius 2 is 1.93 bits per heavy atom. The molecule has 0 saturated carbocycles. The van der Waals surface area contributed by atoms with Gasteiger partial charge in [0.25, 0.3) is 0 Å². The van der Waals surface area contributed by atoms with Crippen molar-refractivity contribution >= 4 is 34.4 Å². The van der Waals surface area contributed by atoms with Crippen molar-refractivity contribution in [3.63, 3.8) is 0 Å². The van der Waals surface area contributed by atoms with Crippen molar-refractivity contribution in [1.29, 1.82) is 0 Å². The van der Waals surface area contributed by atoms with Crippen LogP contribution in [0.4, 0.5) is 5.69 Å². The van der Waals surface area contributed by atoms with Gasteiger partial charge >= 0.3 is 0 Å². The number of nitrogens with one attached hydrogen (secondary N) is 2. The maximum absolute atomic E-state index is 12.3. The highest BCUT2D eigenvalue weighted by Crippen LogP contribution is 2.27. The van der Waals surface area contributed by atoms with Crippen molar-refractivity contribution in [1.82, 2.24) is 5.32 Å². The third-order valence-corrected chi connectivity index (χ3v) is 5.22. The van der Waals surface area contributed by atoms with Crippen LogP contribution >= 0.6 is 11.8 Å². The van der Waals surface area contributed by atoms with Crippen molar-refractivity contribution in [3.8, 4) is 5.75 Å². The molecule has 0 aliphatic carbocycles. The minimum absolute atomic E-state index is 0.0628. The molecule has 6 nitrogen and oxygen atoms in total. The number of benzene rings is 2. The molecule has 1 heterocycles. The average Bonchev–Trinajstić information content (AvgIpc) is 3.01. The summed E-state index contributed by atoms with van der Waals surface area (Å²) >= 11 is 1.29. The van der Waals surface area contributed by atoms with Crippen LogP contribution in [0, 0.1) is 0 Å². The van der Waals surface area contributed by atoms with Crippen molar-refractivity contribution in [2.24, 2.45) is 4.99 Å². The van der Waals surface area contributed by atoms with Gasteiger partial charge in [0.2, 0.25) is 11.8 Å². The Labute approximate surface area is 162 Å². The van der Waals surface area contributed by atoms with Crippen molar-refractivity contribution < 1.29 is 14.3 Å². The van der Waals surface area contributed by atoms with E-state index in [-0.39, 0.29) is 24.3 Å². The fourth-order valence-electron chi connectivity index (χ4n) is 2.70. The van der Waals surface area contributed by atoms with Crippen LogP contribution in [0.5, 0.6) is 5.75 Å². The van der Waals surface area contributed by atoms with Crippen molar-refractivity contribution in [2.75, 3.05) is 12.4 Å². The van der Waals surface area contributed by atoms with Crippen LogP contribution in [-0.4, -0.2) is 29.3 Å². The van der Waals surface area contributed by atoms with Gasteiger partial charge in [-0.05, 0) is 24.6 Å². The highest BCUT2D eigenvalue weighted by molar-refractivity contribution is 8.15. The van der Waals surface area contributed by atoms with E-state index in [4.69, 9.17) is 4.74 Å². The Kier molecular flexibility index (Phi) is 6.13. The zero-order valence-corrected chi connectivity index (χ0v) is 16.0. The Balaban J connectivity index is 1.60. The normalized spacial score (nSPS) is 18.8. The molecule has 1 saturated heterocycles. The molecule has 0 aromatic heterocycles. The highest BCUT2D eigenvalue weighted by Gasteiger charge is 2.32. The number of para-hydroxylation sites is 2. The van der Waals surface area contributed by atoms with Crippen LogP contribution in [0.2, 0.25) is 0 Å². The standard InChI is InChI=1S/C20H21N3O3S/c1-13(14-8-4-3-5-9-14)21-20-23-19(25)17(27-20)12-18(24)22-15-10-6-7-11-16(15)26-2/h3-11,13,17H,12H2,1-2H3,(H,22,24)(H,21,23,25)/t13-,17-/m1/s1. The van der Waals surface area contributed by atoms with E-state index in [1.807, 2.05) is 49.4 Å². The minimum atomic E-state index is -0.499. The number of methoxy groups -OCH3 is 1. The first-order valence-electron chi connectivity index (χ1n) is 8.60. The predicted octanol–water partition coefficient (Wildman–Crippen LogP) is 3.37. The summed E-state index contributed by atoms with van der Waals surface area (Å²) in [5.74, 6) is 0.131. The summed E-state index contributed by atoms with van der Waals surface area (Å²) in [5.41, 5.74) is 1.65. The summed E-state index contributed by atoms with van der Waals surface area (Å²) in [6.07, 6.45) is 0.0628. The number of amidine groups is 1. The molecule has 0 radical (unpaired) electrons. The van der Waals surface area contributed by atoms with Gasteiger partial charge in [0.15, 0.2) is 5.17 Å². The zero-order chi connectivity index (χ0) is 19.2. The second-order valence-corrected chi connectivity index (χ2v) is 7.26. The lowest BCUT2D eigenvalue weighted by molar-refractivity contribution is -0.122. The van der Waals surface area contributed by atoms with Gasteiger partial charge in [0, 0.05) is 6.42 Å². The highest BCUT2D eigenvalue weighted by atomic mass is 32.2. The number of anilines is 1. The van der Waals surface area contributed by atoms with Crippen LogP contribution < -0.4 is 15.4 Å². The monoisotopic (exact) mass is 383 g/mol. The molecule has 2 aromatic carbocycles. The summed E-state index contributed by atoms with van der Waals surface area (Å²) in [6, 6.07) is 16.9. The maximum atomic E-state index is 12.3. The quantitative estimate of drug-likeness (QED) is 0.801. The van der Waals surface area contributed by atoms with Gasteiger partial charge in [-0.3, -0.25) is 14.6 Å². The van der Waals surface area contributed by atoms with Crippen LogP contribution in [0.15, 0.2) is 59.6 Å². The Bertz CT molecular complexity index is 855. The number of rotatable bonds is 6. The Morgan fingerprint density at radius 1 is 1.22 bits per heavy atom. The average molecular weight is 383 g/mol. The smallest absolute Gasteiger partial charge is 0.240 e. The number of hydrogen-bond acceptors (Lipinski definition) is 5. The van der Waals surface area contributed by atoms with Crippen molar-refractivity contribution in [3.05, 3.63) is 60.2 Å². The summed E-state index contributed by atoms with van der Waals surface area (Å²) in [6.45, 7) is 1.97. The van der Waals surface area contributed by atoms with Gasteiger partial charge in [-0.25, -0.2) is 0 Å². The molecule has 1 aliphatic rings. The molecule has 7 heteroatoms. The second-order valence-electron chi connectivity index (χ2n) is 6.07. The van der Waals surface area contributed by atoms with Gasteiger partial charge in [0.05, 0.1) is 18.8 Å². The van der Waals surface area contributed by atoms with Crippen LogP contribution in [-0.2, 0) is 9.59 Å². The molecular formula is C20H21N3O3S. The van der Waals surface area contributed by atoms with E-state index >= 15 is 0 Å². The third-order valence-electron chi connectivity index (χ3n) is 4.12. The number of nitrogens with zero attached hydrogens (tertiary/aromatic N) is 1. The summed E-state index contributed by atoms with van der Waals surface area (Å²) < 4.78 is 5.22. The second kappa shape index (κ2) is 8.73. The summed E-state index contributed by atoms with van der Waals surface area (Å²) in [5, 5.41) is 5.61. The minimum Gasteiger partial charge on any atom is -0.495 e. The van der Waals surface area contributed by atoms with E-state index in [1.54, 1.807) is 19.2 Å². The number of aliphatic imine (C=N–C) groups is 1. The molecule has 0 spiro atoms. The molecule has 140 valence electrons. The molecule has 1 fully saturated rings. The number of hydrogen-bond donors (Lipinski definition) is 2.